The van der Waals surface area contributed by atoms with E-state index in [2.05, 4.69) is 60.7 Å². The zero-order valence-electron chi connectivity index (χ0n) is 21.2. The van der Waals surface area contributed by atoms with E-state index in [1.54, 1.807) is 0 Å². The summed E-state index contributed by atoms with van der Waals surface area (Å²) in [5.74, 6) is -0.315. The standard InChI is InChI=1S/C23H45NO5Si/c1-14(2)30(15(3)4,16(5)6)29-19(20(25)27-12)18(17-13-23(17,10)11)24-21(26)28-22(7,8)9/h14-19H,13H2,1-12H3,(H,24,26)/t17-,18-,19+/m0/s1. The minimum atomic E-state index is -2.39. The Morgan fingerprint density at radius 3 is 1.73 bits per heavy atom. The van der Waals surface area contributed by atoms with Crippen LogP contribution in [0.1, 0.15) is 82.6 Å². The molecule has 3 atom stereocenters. The van der Waals surface area contributed by atoms with Crippen molar-refractivity contribution in [2.45, 2.75) is 117 Å². The SMILES string of the molecule is COC(=O)[C@H](O[Si](C(C)C)(C(C)C)C(C)C)[C@@H](NC(=O)OC(C)(C)C)[C@@H]1CC1(C)C. The maximum absolute atomic E-state index is 13.0. The maximum Gasteiger partial charge on any atom is 0.407 e. The summed E-state index contributed by atoms with van der Waals surface area (Å²) < 4.78 is 17.5. The van der Waals surface area contributed by atoms with Gasteiger partial charge in [0.2, 0.25) is 8.32 Å². The average molecular weight is 444 g/mol. The fourth-order valence-corrected chi connectivity index (χ4v) is 10.5. The van der Waals surface area contributed by atoms with E-state index in [0.717, 1.165) is 6.42 Å². The van der Waals surface area contributed by atoms with Crippen molar-refractivity contribution in [3.63, 3.8) is 0 Å². The number of alkyl carbamates (subject to hydrolysis) is 1. The smallest absolute Gasteiger partial charge is 0.407 e. The number of esters is 1. The molecule has 176 valence electrons. The van der Waals surface area contributed by atoms with E-state index < -0.39 is 38.1 Å². The number of rotatable bonds is 9. The van der Waals surface area contributed by atoms with Crippen LogP contribution in [0.25, 0.3) is 0 Å². The van der Waals surface area contributed by atoms with E-state index in [9.17, 15) is 9.59 Å². The lowest BCUT2D eigenvalue weighted by Gasteiger charge is -2.45. The van der Waals surface area contributed by atoms with Gasteiger partial charge < -0.3 is 19.2 Å². The van der Waals surface area contributed by atoms with Crippen LogP contribution >= 0.6 is 0 Å². The van der Waals surface area contributed by atoms with Gasteiger partial charge in [0.1, 0.15) is 5.60 Å². The van der Waals surface area contributed by atoms with E-state index in [1.807, 2.05) is 20.8 Å². The average Bonchev–Trinajstić information content (AvgIpc) is 3.19. The normalized spacial score (nSPS) is 20.8. The summed E-state index contributed by atoms with van der Waals surface area (Å²) in [5.41, 5.74) is 0.311. The first-order chi connectivity index (χ1) is 13.5. The van der Waals surface area contributed by atoms with Gasteiger partial charge in [-0.25, -0.2) is 9.59 Å². The summed E-state index contributed by atoms with van der Waals surface area (Å²) >= 11 is 0. The highest BCUT2D eigenvalue weighted by Gasteiger charge is 2.57. The third-order valence-electron chi connectivity index (χ3n) is 6.50. The molecule has 0 saturated heterocycles. The molecule has 6 nitrogen and oxygen atoms in total. The molecule has 0 radical (unpaired) electrons. The topological polar surface area (TPSA) is 73.9 Å². The highest BCUT2D eigenvalue weighted by Crippen LogP contribution is 2.55. The molecule has 1 saturated carbocycles. The molecule has 1 rings (SSSR count). The summed E-state index contributed by atoms with van der Waals surface area (Å²) in [5, 5.41) is 2.98. The Hall–Kier alpha value is -1.08. The lowest BCUT2D eigenvalue weighted by molar-refractivity contribution is -0.151. The Kier molecular flexibility index (Phi) is 8.62. The molecular formula is C23H45NO5Si. The second-order valence-electron chi connectivity index (χ2n) is 11.4. The molecule has 30 heavy (non-hydrogen) atoms. The van der Waals surface area contributed by atoms with Crippen molar-refractivity contribution in [1.29, 1.82) is 0 Å². The molecule has 1 aliphatic carbocycles. The molecule has 0 aromatic rings. The van der Waals surface area contributed by atoms with Crippen LogP contribution < -0.4 is 5.32 Å². The van der Waals surface area contributed by atoms with Gasteiger partial charge in [0.15, 0.2) is 6.10 Å². The first kappa shape index (κ1) is 27.0. The predicted molar refractivity (Wildman–Crippen MR) is 123 cm³/mol. The van der Waals surface area contributed by atoms with Gasteiger partial charge in [0.05, 0.1) is 13.2 Å². The summed E-state index contributed by atoms with van der Waals surface area (Å²) in [7, 11) is -1.01. The van der Waals surface area contributed by atoms with Crippen LogP contribution in [0.15, 0.2) is 0 Å². The van der Waals surface area contributed by atoms with Gasteiger partial charge in [-0.3, -0.25) is 0 Å². The first-order valence-corrected chi connectivity index (χ1v) is 13.4. The van der Waals surface area contributed by atoms with Gasteiger partial charge in [0, 0.05) is 0 Å². The van der Waals surface area contributed by atoms with Crippen molar-refractivity contribution in [3.05, 3.63) is 0 Å². The monoisotopic (exact) mass is 443 g/mol. The molecule has 0 heterocycles. The highest BCUT2D eigenvalue weighted by molar-refractivity contribution is 6.77. The lowest BCUT2D eigenvalue weighted by atomic mass is 9.99. The zero-order valence-corrected chi connectivity index (χ0v) is 22.2. The van der Waals surface area contributed by atoms with Gasteiger partial charge in [-0.15, -0.1) is 0 Å². The van der Waals surface area contributed by atoms with Crippen LogP contribution in [0.3, 0.4) is 0 Å². The maximum atomic E-state index is 13.0. The van der Waals surface area contributed by atoms with Crippen molar-refractivity contribution in [2.24, 2.45) is 11.3 Å². The van der Waals surface area contributed by atoms with Gasteiger partial charge in [0.25, 0.3) is 0 Å². The Balaban J connectivity index is 3.37. The zero-order chi connectivity index (χ0) is 23.7. The molecule has 0 bridgehead atoms. The number of amides is 1. The molecule has 0 aromatic heterocycles. The molecule has 0 aliphatic heterocycles. The summed E-state index contributed by atoms with van der Waals surface area (Å²) in [6.07, 6.45) is -0.476. The second kappa shape index (κ2) is 9.59. The van der Waals surface area contributed by atoms with Crippen LogP contribution in [0, 0.1) is 11.3 Å². The number of methoxy groups -OCH3 is 1. The third-order valence-corrected chi connectivity index (χ3v) is 12.6. The van der Waals surface area contributed by atoms with Crippen LogP contribution in [0.2, 0.25) is 16.6 Å². The van der Waals surface area contributed by atoms with E-state index in [-0.39, 0.29) is 11.3 Å². The van der Waals surface area contributed by atoms with Gasteiger partial charge >= 0.3 is 12.1 Å². The number of hydrogen-bond donors (Lipinski definition) is 1. The number of hydrogen-bond acceptors (Lipinski definition) is 5. The molecular weight excluding hydrogens is 398 g/mol. The predicted octanol–water partition coefficient (Wildman–Crippen LogP) is 5.66. The fourth-order valence-electron chi connectivity index (χ4n) is 4.96. The largest absolute Gasteiger partial charge is 0.467 e. The Morgan fingerprint density at radius 1 is 1.00 bits per heavy atom. The Labute approximate surface area is 184 Å². The number of carbonyl (C=O) groups is 2. The minimum Gasteiger partial charge on any atom is -0.467 e. The second-order valence-corrected chi connectivity index (χ2v) is 16.8. The first-order valence-electron chi connectivity index (χ1n) is 11.2. The van der Waals surface area contributed by atoms with Gasteiger partial charge in [-0.2, -0.15) is 0 Å². The summed E-state index contributed by atoms with van der Waals surface area (Å²) in [6.45, 7) is 22.8. The van der Waals surface area contributed by atoms with Crippen LogP contribution in [-0.2, 0) is 18.7 Å². The highest BCUT2D eigenvalue weighted by atomic mass is 28.4. The van der Waals surface area contributed by atoms with Crippen molar-refractivity contribution in [1.82, 2.24) is 5.32 Å². The Bertz CT molecular complexity index is 587. The Morgan fingerprint density at radius 2 is 1.43 bits per heavy atom. The quantitative estimate of drug-likeness (QED) is 0.368. The summed E-state index contributed by atoms with van der Waals surface area (Å²) in [4.78, 5) is 25.7. The molecule has 1 fully saturated rings. The minimum absolute atomic E-state index is 0.0209. The van der Waals surface area contributed by atoms with Crippen molar-refractivity contribution < 1.29 is 23.5 Å². The van der Waals surface area contributed by atoms with E-state index in [0.29, 0.717) is 16.6 Å². The number of ether oxygens (including phenoxy) is 2. The van der Waals surface area contributed by atoms with E-state index in [4.69, 9.17) is 13.9 Å². The van der Waals surface area contributed by atoms with Crippen molar-refractivity contribution >= 4 is 20.4 Å². The van der Waals surface area contributed by atoms with E-state index >= 15 is 0 Å². The molecule has 0 unspecified atom stereocenters. The number of nitrogens with one attached hydrogen (secondary N) is 1. The van der Waals surface area contributed by atoms with Crippen LogP contribution in [-0.4, -0.2) is 45.2 Å². The number of carbonyl (C=O) groups excluding carboxylic acids is 2. The molecule has 0 aromatic carbocycles. The van der Waals surface area contributed by atoms with Crippen LogP contribution in [0.5, 0.6) is 0 Å². The molecule has 7 heteroatoms. The molecule has 1 aliphatic rings. The third kappa shape index (κ3) is 6.22. The molecule has 0 spiro atoms. The van der Waals surface area contributed by atoms with Crippen LogP contribution in [0.4, 0.5) is 4.79 Å². The fraction of sp³-hybridized carbons (Fsp3) is 0.913. The lowest BCUT2D eigenvalue weighted by Crippen LogP contribution is -2.59. The van der Waals surface area contributed by atoms with Gasteiger partial charge in [-0.05, 0) is 55.1 Å². The van der Waals surface area contributed by atoms with Crippen molar-refractivity contribution in [3.8, 4) is 0 Å². The van der Waals surface area contributed by atoms with Crippen molar-refractivity contribution in [2.75, 3.05) is 7.11 Å². The molecule has 1 N–H and O–H groups in total. The summed E-state index contributed by atoms with van der Waals surface area (Å²) in [6, 6.07) is -0.495. The molecule has 1 amide bonds. The van der Waals surface area contributed by atoms with E-state index in [1.165, 1.54) is 7.11 Å². The van der Waals surface area contributed by atoms with Gasteiger partial charge in [-0.1, -0.05) is 55.4 Å².